The molecule has 0 saturated heterocycles. The molecule has 6 heteroatoms. The number of ether oxygens (including phenoxy) is 2. The Labute approximate surface area is 126 Å². The van der Waals surface area contributed by atoms with E-state index in [-0.39, 0.29) is 22.5 Å². The Morgan fingerprint density at radius 1 is 1.33 bits per heavy atom. The zero-order chi connectivity index (χ0) is 14.8. The molecule has 2 atom stereocenters. The van der Waals surface area contributed by atoms with E-state index < -0.39 is 0 Å². The van der Waals surface area contributed by atoms with Gasteiger partial charge in [-0.25, -0.2) is 0 Å². The van der Waals surface area contributed by atoms with Gasteiger partial charge >= 0.3 is 0 Å². The summed E-state index contributed by atoms with van der Waals surface area (Å²) in [5, 5.41) is 0. The van der Waals surface area contributed by atoms with Crippen LogP contribution in [0.15, 0.2) is 35.1 Å². The number of benzene rings is 1. The van der Waals surface area contributed by atoms with Crippen LogP contribution in [0.25, 0.3) is 0 Å². The van der Waals surface area contributed by atoms with Crippen molar-refractivity contribution in [1.82, 2.24) is 9.97 Å². The second-order valence-corrected chi connectivity index (χ2v) is 5.26. The van der Waals surface area contributed by atoms with Crippen LogP contribution in [-0.2, 0) is 4.74 Å². The van der Waals surface area contributed by atoms with Gasteiger partial charge in [-0.1, -0.05) is 30.3 Å². The number of fused-ring (bicyclic) bond motifs is 1. The molecule has 21 heavy (non-hydrogen) atoms. The summed E-state index contributed by atoms with van der Waals surface area (Å²) >= 11 is 5.01. The molecule has 0 amide bonds. The maximum atomic E-state index is 12.3. The van der Waals surface area contributed by atoms with E-state index in [9.17, 15) is 4.79 Å². The fourth-order valence-electron chi connectivity index (χ4n) is 2.65. The van der Waals surface area contributed by atoms with E-state index in [4.69, 9.17) is 21.7 Å². The highest BCUT2D eigenvalue weighted by Crippen LogP contribution is 2.37. The van der Waals surface area contributed by atoms with Gasteiger partial charge in [0.1, 0.15) is 0 Å². The Kier molecular flexibility index (Phi) is 3.90. The normalized spacial score (nSPS) is 20.6. The molecule has 0 bridgehead atoms. The molecular formula is C15H16N2O3S. The summed E-state index contributed by atoms with van der Waals surface area (Å²) in [5.74, 6) is 0.324. The molecule has 2 heterocycles. The van der Waals surface area contributed by atoms with Gasteiger partial charge in [0.05, 0.1) is 5.56 Å². The SMILES string of the molecule is CCO[C@H]1C[C@@H](c2ccccc2)c2c([nH]c(=S)[nH]c2=O)O1. The minimum atomic E-state index is -0.389. The quantitative estimate of drug-likeness (QED) is 0.856. The highest BCUT2D eigenvalue weighted by molar-refractivity contribution is 7.71. The molecule has 0 fully saturated rings. The van der Waals surface area contributed by atoms with Crippen molar-refractivity contribution in [2.24, 2.45) is 0 Å². The van der Waals surface area contributed by atoms with Crippen molar-refractivity contribution >= 4 is 12.2 Å². The molecule has 1 aromatic heterocycles. The van der Waals surface area contributed by atoms with Crippen LogP contribution < -0.4 is 10.3 Å². The Bertz CT molecular complexity index is 739. The third kappa shape index (κ3) is 2.77. The zero-order valence-corrected chi connectivity index (χ0v) is 12.4. The summed E-state index contributed by atoms with van der Waals surface area (Å²) < 4.78 is 11.6. The largest absolute Gasteiger partial charge is 0.449 e. The van der Waals surface area contributed by atoms with Gasteiger partial charge in [-0.2, -0.15) is 0 Å². The number of nitrogens with one attached hydrogen (secondary N) is 2. The van der Waals surface area contributed by atoms with E-state index in [2.05, 4.69) is 9.97 Å². The van der Waals surface area contributed by atoms with Gasteiger partial charge < -0.3 is 14.5 Å². The second kappa shape index (κ2) is 5.83. The zero-order valence-electron chi connectivity index (χ0n) is 11.6. The van der Waals surface area contributed by atoms with E-state index in [0.717, 1.165) is 5.56 Å². The van der Waals surface area contributed by atoms with Crippen molar-refractivity contribution in [3.05, 3.63) is 56.6 Å². The first kappa shape index (κ1) is 14.0. The molecule has 1 aliphatic rings. The fraction of sp³-hybridized carbons (Fsp3) is 0.333. The van der Waals surface area contributed by atoms with E-state index in [1.54, 1.807) is 0 Å². The van der Waals surface area contributed by atoms with Gasteiger partial charge in [0.15, 0.2) is 4.77 Å². The van der Waals surface area contributed by atoms with Crippen molar-refractivity contribution in [3.8, 4) is 5.88 Å². The lowest BCUT2D eigenvalue weighted by atomic mass is 9.88. The van der Waals surface area contributed by atoms with Gasteiger partial charge in [0.25, 0.3) is 5.56 Å². The summed E-state index contributed by atoms with van der Waals surface area (Å²) in [6.45, 7) is 2.46. The van der Waals surface area contributed by atoms with Crippen molar-refractivity contribution in [1.29, 1.82) is 0 Å². The molecule has 5 nitrogen and oxygen atoms in total. The van der Waals surface area contributed by atoms with Crippen molar-refractivity contribution in [2.75, 3.05) is 6.61 Å². The minimum Gasteiger partial charge on any atom is -0.449 e. The highest BCUT2D eigenvalue weighted by Gasteiger charge is 2.32. The summed E-state index contributed by atoms with van der Waals surface area (Å²) in [4.78, 5) is 17.8. The monoisotopic (exact) mass is 304 g/mol. The lowest BCUT2D eigenvalue weighted by Crippen LogP contribution is -2.33. The van der Waals surface area contributed by atoms with E-state index in [0.29, 0.717) is 24.5 Å². The standard InChI is InChI=1S/C15H16N2O3S/c1-2-19-11-8-10(9-6-4-3-5-7-9)12-13(18)16-15(21)17-14(12)20-11/h3-7,10-11H,2,8H2,1H3,(H2,16,17,18,21)/t10-,11+/m0/s1. The van der Waals surface area contributed by atoms with Crippen LogP contribution in [-0.4, -0.2) is 22.9 Å². The maximum absolute atomic E-state index is 12.3. The number of hydrogen-bond donors (Lipinski definition) is 2. The molecule has 3 rings (SSSR count). The molecule has 2 N–H and O–H groups in total. The van der Waals surface area contributed by atoms with E-state index in [1.807, 2.05) is 37.3 Å². The fourth-order valence-corrected chi connectivity index (χ4v) is 2.84. The lowest BCUT2D eigenvalue weighted by molar-refractivity contribution is -0.0922. The third-order valence-electron chi connectivity index (χ3n) is 3.52. The van der Waals surface area contributed by atoms with Crippen LogP contribution >= 0.6 is 12.2 Å². The first-order chi connectivity index (χ1) is 10.2. The molecule has 0 spiro atoms. The number of aromatic amines is 2. The molecule has 1 aromatic carbocycles. The predicted octanol–water partition coefficient (Wildman–Crippen LogP) is 2.71. The van der Waals surface area contributed by atoms with Crippen LogP contribution in [0, 0.1) is 4.77 Å². The first-order valence-corrected chi connectivity index (χ1v) is 7.29. The number of hydrogen-bond acceptors (Lipinski definition) is 4. The van der Waals surface area contributed by atoms with Crippen LogP contribution in [0.2, 0.25) is 0 Å². The average molecular weight is 304 g/mol. The summed E-state index contributed by atoms with van der Waals surface area (Å²) in [5.41, 5.74) is 1.42. The molecule has 1 aliphatic heterocycles. The summed E-state index contributed by atoms with van der Waals surface area (Å²) in [7, 11) is 0. The molecular weight excluding hydrogens is 288 g/mol. The molecule has 0 unspecified atom stereocenters. The van der Waals surface area contributed by atoms with Gasteiger partial charge in [-0.15, -0.1) is 0 Å². The number of H-pyrrole nitrogens is 2. The van der Waals surface area contributed by atoms with Crippen LogP contribution in [0.5, 0.6) is 5.88 Å². The maximum Gasteiger partial charge on any atom is 0.259 e. The van der Waals surface area contributed by atoms with Crippen LogP contribution in [0.4, 0.5) is 0 Å². The first-order valence-electron chi connectivity index (χ1n) is 6.88. The van der Waals surface area contributed by atoms with Crippen molar-refractivity contribution < 1.29 is 9.47 Å². The third-order valence-corrected chi connectivity index (χ3v) is 3.73. The van der Waals surface area contributed by atoms with Gasteiger partial charge in [-0.3, -0.25) is 9.78 Å². The minimum absolute atomic E-state index is 0.0814. The Morgan fingerprint density at radius 3 is 2.81 bits per heavy atom. The Balaban J connectivity index is 2.12. The van der Waals surface area contributed by atoms with Crippen LogP contribution in [0.1, 0.15) is 30.4 Å². The second-order valence-electron chi connectivity index (χ2n) is 4.85. The number of rotatable bonds is 3. The number of aromatic nitrogens is 2. The summed E-state index contributed by atoms with van der Waals surface area (Å²) in [6, 6.07) is 9.87. The lowest BCUT2D eigenvalue weighted by Gasteiger charge is -2.30. The van der Waals surface area contributed by atoms with Gasteiger partial charge in [0, 0.05) is 18.9 Å². The Hall–Kier alpha value is -1.92. The molecule has 0 radical (unpaired) electrons. The van der Waals surface area contributed by atoms with Crippen molar-refractivity contribution in [3.63, 3.8) is 0 Å². The Morgan fingerprint density at radius 2 is 2.10 bits per heavy atom. The predicted molar refractivity (Wildman–Crippen MR) is 81.2 cm³/mol. The average Bonchev–Trinajstić information content (AvgIpc) is 2.47. The topological polar surface area (TPSA) is 67.1 Å². The van der Waals surface area contributed by atoms with Crippen molar-refractivity contribution in [2.45, 2.75) is 25.6 Å². The van der Waals surface area contributed by atoms with E-state index in [1.165, 1.54) is 0 Å². The summed E-state index contributed by atoms with van der Waals surface area (Å²) in [6.07, 6.45) is 0.207. The van der Waals surface area contributed by atoms with Gasteiger partial charge in [0.2, 0.25) is 12.2 Å². The smallest absolute Gasteiger partial charge is 0.259 e. The molecule has 0 saturated carbocycles. The van der Waals surface area contributed by atoms with Gasteiger partial charge in [-0.05, 0) is 24.7 Å². The highest BCUT2D eigenvalue weighted by atomic mass is 32.1. The van der Waals surface area contributed by atoms with Crippen LogP contribution in [0.3, 0.4) is 0 Å². The molecule has 2 aromatic rings. The van der Waals surface area contributed by atoms with E-state index >= 15 is 0 Å². The molecule has 110 valence electrons. The molecule has 0 aliphatic carbocycles.